The zero-order valence-corrected chi connectivity index (χ0v) is 14.0. The van der Waals surface area contributed by atoms with Crippen LogP contribution in [0, 0.1) is 17.8 Å². The maximum absolute atomic E-state index is 13.1. The molecule has 3 N–H and O–H groups in total. The molecule has 1 amide bonds. The van der Waals surface area contributed by atoms with Crippen molar-refractivity contribution in [3.05, 3.63) is 53.7 Å². The molecule has 26 heavy (non-hydrogen) atoms. The highest BCUT2D eigenvalue weighted by atomic mass is 19.1. The fraction of sp³-hybridized carbons (Fsp3) is 0.333. The topological polar surface area (TPSA) is 107 Å². The van der Waals surface area contributed by atoms with Crippen LogP contribution in [-0.2, 0) is 4.74 Å². The third kappa shape index (κ3) is 4.33. The van der Waals surface area contributed by atoms with Gasteiger partial charge in [-0.25, -0.2) is 14.8 Å². The number of hydrogen-bond acceptors (Lipinski definition) is 6. The molecule has 2 aromatic rings. The molecule has 0 atom stereocenters. The summed E-state index contributed by atoms with van der Waals surface area (Å²) < 4.78 is 18.4. The smallest absolute Gasteiger partial charge is 0.338 e. The summed E-state index contributed by atoms with van der Waals surface area (Å²) in [7, 11) is 0. The molecule has 1 aromatic carbocycles. The van der Waals surface area contributed by atoms with Crippen molar-refractivity contribution < 1.29 is 18.7 Å². The molecule has 1 fully saturated rings. The SMILES string of the molecule is NC(=O)c1nc(F)cnc1NCC1CC(COC(=O)c2ccccc2)C1. The molecule has 7 nitrogen and oxygen atoms in total. The van der Waals surface area contributed by atoms with Gasteiger partial charge in [0, 0.05) is 6.54 Å². The lowest BCUT2D eigenvalue weighted by Crippen LogP contribution is -2.33. The summed E-state index contributed by atoms with van der Waals surface area (Å²) in [6.07, 6.45) is 2.70. The molecule has 8 heteroatoms. The molecule has 136 valence electrons. The monoisotopic (exact) mass is 358 g/mol. The minimum absolute atomic E-state index is 0.179. The minimum atomic E-state index is -0.853. The third-order valence-corrected chi connectivity index (χ3v) is 4.33. The van der Waals surface area contributed by atoms with Gasteiger partial charge in [-0.1, -0.05) is 18.2 Å². The fourth-order valence-electron chi connectivity index (χ4n) is 2.94. The van der Waals surface area contributed by atoms with Crippen LogP contribution in [0.2, 0.25) is 0 Å². The highest BCUT2D eigenvalue weighted by Crippen LogP contribution is 2.34. The van der Waals surface area contributed by atoms with Crippen molar-refractivity contribution in [2.45, 2.75) is 12.8 Å². The first-order valence-electron chi connectivity index (χ1n) is 8.31. The number of nitrogens with two attached hydrogens (primary N) is 1. The Morgan fingerprint density at radius 3 is 2.65 bits per heavy atom. The number of nitrogens with zero attached hydrogens (tertiary/aromatic N) is 2. The summed E-state index contributed by atoms with van der Waals surface area (Å²) in [5.74, 6) is -1.17. The van der Waals surface area contributed by atoms with Gasteiger partial charge in [0.15, 0.2) is 11.5 Å². The van der Waals surface area contributed by atoms with Gasteiger partial charge in [0.1, 0.15) is 0 Å². The molecule has 1 heterocycles. The second-order valence-corrected chi connectivity index (χ2v) is 6.30. The van der Waals surface area contributed by atoms with Crippen LogP contribution in [0.3, 0.4) is 0 Å². The van der Waals surface area contributed by atoms with Gasteiger partial charge in [0.25, 0.3) is 5.91 Å². The number of amides is 1. The van der Waals surface area contributed by atoms with E-state index >= 15 is 0 Å². The molecule has 0 aliphatic heterocycles. The number of benzene rings is 1. The van der Waals surface area contributed by atoms with Gasteiger partial charge in [-0.3, -0.25) is 4.79 Å². The van der Waals surface area contributed by atoms with Crippen molar-refractivity contribution >= 4 is 17.7 Å². The van der Waals surface area contributed by atoms with E-state index in [1.807, 2.05) is 6.07 Å². The Balaban J connectivity index is 1.41. The Hall–Kier alpha value is -3.03. The quantitative estimate of drug-likeness (QED) is 0.733. The summed E-state index contributed by atoms with van der Waals surface area (Å²) in [6.45, 7) is 0.941. The predicted octanol–water partition coefficient (Wildman–Crippen LogP) is 2.01. The van der Waals surface area contributed by atoms with E-state index in [-0.39, 0.29) is 17.5 Å². The number of rotatable bonds is 7. The molecule has 1 aliphatic carbocycles. The van der Waals surface area contributed by atoms with Gasteiger partial charge in [0.05, 0.1) is 18.4 Å². The molecule has 0 spiro atoms. The first-order chi connectivity index (χ1) is 12.5. The second kappa shape index (κ2) is 7.90. The third-order valence-electron chi connectivity index (χ3n) is 4.33. The summed E-state index contributed by atoms with van der Waals surface area (Å²) in [6, 6.07) is 8.86. The molecular weight excluding hydrogens is 339 g/mol. The van der Waals surface area contributed by atoms with E-state index in [1.165, 1.54) is 0 Å². The van der Waals surface area contributed by atoms with Crippen LogP contribution in [-0.4, -0.2) is 35.0 Å². The number of nitrogens with one attached hydrogen (secondary N) is 1. The molecule has 0 radical (unpaired) electrons. The number of ether oxygens (including phenoxy) is 1. The van der Waals surface area contributed by atoms with Crippen LogP contribution in [0.25, 0.3) is 0 Å². The Morgan fingerprint density at radius 2 is 1.96 bits per heavy atom. The number of esters is 1. The van der Waals surface area contributed by atoms with E-state index in [0.29, 0.717) is 30.6 Å². The van der Waals surface area contributed by atoms with Gasteiger partial charge >= 0.3 is 5.97 Å². The summed E-state index contributed by atoms with van der Waals surface area (Å²) in [5.41, 5.74) is 5.51. The van der Waals surface area contributed by atoms with Gasteiger partial charge in [0.2, 0.25) is 5.95 Å². The second-order valence-electron chi connectivity index (χ2n) is 6.30. The molecule has 1 aliphatic rings. The highest BCUT2D eigenvalue weighted by Gasteiger charge is 2.30. The van der Waals surface area contributed by atoms with Crippen LogP contribution in [0.4, 0.5) is 10.2 Å². The number of halogens is 1. The lowest BCUT2D eigenvalue weighted by Gasteiger charge is -2.35. The summed E-state index contributed by atoms with van der Waals surface area (Å²) in [5, 5.41) is 2.99. The Morgan fingerprint density at radius 1 is 1.23 bits per heavy atom. The lowest BCUT2D eigenvalue weighted by molar-refractivity contribution is 0.0299. The molecule has 1 saturated carbocycles. The fourth-order valence-corrected chi connectivity index (χ4v) is 2.94. The van der Waals surface area contributed by atoms with Crippen LogP contribution in [0.1, 0.15) is 33.7 Å². The van der Waals surface area contributed by atoms with Crippen LogP contribution >= 0.6 is 0 Å². The van der Waals surface area contributed by atoms with Crippen molar-refractivity contribution in [3.8, 4) is 0 Å². The van der Waals surface area contributed by atoms with E-state index < -0.39 is 11.9 Å². The molecule has 1 aromatic heterocycles. The summed E-state index contributed by atoms with van der Waals surface area (Å²) in [4.78, 5) is 30.5. The van der Waals surface area contributed by atoms with Crippen LogP contribution in [0.5, 0.6) is 0 Å². The van der Waals surface area contributed by atoms with E-state index in [0.717, 1.165) is 19.0 Å². The molecule has 0 saturated heterocycles. The number of hydrogen-bond donors (Lipinski definition) is 2. The Kier molecular flexibility index (Phi) is 5.40. The zero-order chi connectivity index (χ0) is 18.5. The van der Waals surface area contributed by atoms with Gasteiger partial charge in [-0.15, -0.1) is 0 Å². The van der Waals surface area contributed by atoms with Crippen molar-refractivity contribution in [3.63, 3.8) is 0 Å². The Labute approximate surface area is 149 Å². The standard InChI is InChI=1S/C18H19FN4O3/c19-14-9-22-17(15(23-14)16(20)24)21-8-11-6-12(7-11)10-26-18(25)13-4-2-1-3-5-13/h1-5,9,11-12H,6-8,10H2,(H2,20,24)(H,21,22). The van der Waals surface area contributed by atoms with E-state index in [1.54, 1.807) is 24.3 Å². The van der Waals surface area contributed by atoms with E-state index in [4.69, 9.17) is 10.5 Å². The molecule has 3 rings (SSSR count). The maximum atomic E-state index is 13.1. The first kappa shape index (κ1) is 17.8. The van der Waals surface area contributed by atoms with Gasteiger partial charge in [-0.05, 0) is 36.8 Å². The number of carbonyl (C=O) groups is 2. The van der Waals surface area contributed by atoms with Crippen LogP contribution in [0.15, 0.2) is 36.5 Å². The average Bonchev–Trinajstić information content (AvgIpc) is 2.61. The Bertz CT molecular complexity index is 794. The normalized spacial score (nSPS) is 18.7. The highest BCUT2D eigenvalue weighted by molar-refractivity contribution is 5.95. The average molecular weight is 358 g/mol. The maximum Gasteiger partial charge on any atom is 0.338 e. The van der Waals surface area contributed by atoms with Crippen LogP contribution < -0.4 is 11.1 Å². The molecule has 0 unspecified atom stereocenters. The molecule has 0 bridgehead atoms. The van der Waals surface area contributed by atoms with Gasteiger partial charge < -0.3 is 15.8 Å². The number of carbonyl (C=O) groups excluding carboxylic acids is 2. The largest absolute Gasteiger partial charge is 0.462 e. The molecular formula is C18H19FN4O3. The zero-order valence-electron chi connectivity index (χ0n) is 14.0. The number of primary amides is 1. The van der Waals surface area contributed by atoms with Crippen molar-refractivity contribution in [2.24, 2.45) is 17.6 Å². The van der Waals surface area contributed by atoms with E-state index in [2.05, 4.69) is 15.3 Å². The predicted molar refractivity (Wildman–Crippen MR) is 91.9 cm³/mol. The van der Waals surface area contributed by atoms with Crippen molar-refractivity contribution in [2.75, 3.05) is 18.5 Å². The van der Waals surface area contributed by atoms with E-state index in [9.17, 15) is 14.0 Å². The number of anilines is 1. The number of aromatic nitrogens is 2. The van der Waals surface area contributed by atoms with Gasteiger partial charge in [-0.2, -0.15) is 4.39 Å². The van der Waals surface area contributed by atoms with Crippen molar-refractivity contribution in [1.82, 2.24) is 9.97 Å². The minimum Gasteiger partial charge on any atom is -0.462 e. The summed E-state index contributed by atoms with van der Waals surface area (Å²) >= 11 is 0. The van der Waals surface area contributed by atoms with Crippen molar-refractivity contribution in [1.29, 1.82) is 0 Å². The first-order valence-corrected chi connectivity index (χ1v) is 8.31. The lowest BCUT2D eigenvalue weighted by atomic mass is 9.75.